The van der Waals surface area contributed by atoms with E-state index in [0.29, 0.717) is 29.5 Å². The first kappa shape index (κ1) is 16.6. The summed E-state index contributed by atoms with van der Waals surface area (Å²) in [4.78, 5) is 14.0. The van der Waals surface area contributed by atoms with Crippen LogP contribution in [0.1, 0.15) is 12.8 Å². The number of benzene rings is 2. The molecule has 126 valence electrons. The van der Waals surface area contributed by atoms with Gasteiger partial charge in [0.15, 0.2) is 0 Å². The van der Waals surface area contributed by atoms with Gasteiger partial charge in [-0.25, -0.2) is 9.18 Å². The van der Waals surface area contributed by atoms with Crippen LogP contribution in [0.25, 0.3) is 0 Å². The van der Waals surface area contributed by atoms with Crippen molar-refractivity contribution in [2.45, 2.75) is 18.9 Å². The molecule has 1 fully saturated rings. The highest BCUT2D eigenvalue weighted by Crippen LogP contribution is 2.26. The van der Waals surface area contributed by atoms with Gasteiger partial charge in [-0.05, 0) is 36.4 Å². The number of halogens is 2. The van der Waals surface area contributed by atoms with Crippen LogP contribution in [0.3, 0.4) is 0 Å². The molecule has 3 rings (SSSR count). The van der Waals surface area contributed by atoms with Crippen molar-refractivity contribution in [1.29, 1.82) is 0 Å². The average Bonchev–Trinajstić information content (AvgIpc) is 2.59. The molecule has 0 aromatic heterocycles. The van der Waals surface area contributed by atoms with E-state index in [1.807, 2.05) is 18.2 Å². The zero-order valence-corrected chi connectivity index (χ0v) is 13.8. The lowest BCUT2D eigenvalue weighted by molar-refractivity contribution is 0.115. The summed E-state index contributed by atoms with van der Waals surface area (Å²) in [6.45, 7) is 1.20. The number of piperidine rings is 1. The van der Waals surface area contributed by atoms with Gasteiger partial charge in [-0.3, -0.25) is 0 Å². The molecule has 0 aliphatic carbocycles. The van der Waals surface area contributed by atoms with E-state index in [1.165, 1.54) is 12.1 Å². The van der Waals surface area contributed by atoms with Gasteiger partial charge >= 0.3 is 6.03 Å². The number of nitrogens with zero attached hydrogens (tertiary/aromatic N) is 1. The molecule has 2 aromatic carbocycles. The van der Waals surface area contributed by atoms with E-state index in [4.69, 9.17) is 16.3 Å². The van der Waals surface area contributed by atoms with Crippen LogP contribution >= 0.6 is 11.6 Å². The Labute approximate surface area is 145 Å². The number of carbonyl (C=O) groups is 1. The predicted molar refractivity (Wildman–Crippen MR) is 92.1 cm³/mol. The van der Waals surface area contributed by atoms with Crippen molar-refractivity contribution in [3.63, 3.8) is 0 Å². The molecule has 0 radical (unpaired) electrons. The number of anilines is 1. The smallest absolute Gasteiger partial charge is 0.321 e. The van der Waals surface area contributed by atoms with E-state index in [1.54, 1.807) is 23.1 Å². The van der Waals surface area contributed by atoms with Gasteiger partial charge in [0.1, 0.15) is 17.7 Å². The van der Waals surface area contributed by atoms with Crippen LogP contribution in [-0.2, 0) is 0 Å². The Morgan fingerprint density at radius 2 is 1.79 bits per heavy atom. The molecular weight excluding hydrogens is 331 g/mol. The number of hydrogen-bond donors (Lipinski definition) is 1. The number of hydrogen-bond acceptors (Lipinski definition) is 2. The first-order valence-electron chi connectivity index (χ1n) is 7.84. The maximum atomic E-state index is 12.9. The van der Waals surface area contributed by atoms with Gasteiger partial charge in [0.2, 0.25) is 0 Å². The largest absolute Gasteiger partial charge is 0.489 e. The fraction of sp³-hybridized carbons (Fsp3) is 0.278. The molecule has 2 amide bonds. The molecule has 24 heavy (non-hydrogen) atoms. The van der Waals surface area contributed by atoms with Gasteiger partial charge in [0, 0.05) is 31.6 Å². The molecule has 6 heteroatoms. The van der Waals surface area contributed by atoms with E-state index < -0.39 is 0 Å². The Morgan fingerprint density at radius 3 is 2.46 bits per heavy atom. The molecule has 0 bridgehead atoms. The Kier molecular flexibility index (Phi) is 5.20. The summed E-state index contributed by atoms with van der Waals surface area (Å²) in [5, 5.41) is 3.36. The molecule has 2 aromatic rings. The summed E-state index contributed by atoms with van der Waals surface area (Å²) >= 11 is 6.10. The highest BCUT2D eigenvalue weighted by molar-refractivity contribution is 6.32. The number of amides is 2. The quantitative estimate of drug-likeness (QED) is 0.883. The molecule has 4 nitrogen and oxygen atoms in total. The molecule has 1 heterocycles. The minimum Gasteiger partial charge on any atom is -0.489 e. The molecule has 1 saturated heterocycles. The van der Waals surface area contributed by atoms with Crippen LogP contribution in [0.4, 0.5) is 14.9 Å². The van der Waals surface area contributed by atoms with Crippen LogP contribution in [-0.4, -0.2) is 30.1 Å². The van der Waals surface area contributed by atoms with Crippen LogP contribution in [0.15, 0.2) is 48.5 Å². The summed E-state index contributed by atoms with van der Waals surface area (Å²) in [5.74, 6) is 0.346. The number of likely N-dealkylation sites (tertiary alicyclic amines) is 1. The number of para-hydroxylation sites is 1. The Hall–Kier alpha value is -2.27. The van der Waals surface area contributed by atoms with Crippen LogP contribution in [0.5, 0.6) is 5.75 Å². The van der Waals surface area contributed by atoms with Crippen molar-refractivity contribution in [3.8, 4) is 5.75 Å². The SMILES string of the molecule is O=C(Nc1ccc(F)cc1)N1CCC(Oc2ccccc2Cl)CC1. The highest BCUT2D eigenvalue weighted by Gasteiger charge is 2.24. The van der Waals surface area contributed by atoms with Crippen LogP contribution in [0, 0.1) is 5.82 Å². The van der Waals surface area contributed by atoms with Crippen molar-refractivity contribution < 1.29 is 13.9 Å². The molecular formula is C18H18ClFN2O2. The van der Waals surface area contributed by atoms with Crippen molar-refractivity contribution in [2.24, 2.45) is 0 Å². The lowest BCUT2D eigenvalue weighted by atomic mass is 10.1. The second-order valence-electron chi connectivity index (χ2n) is 5.67. The maximum absolute atomic E-state index is 12.9. The molecule has 0 unspecified atom stereocenters. The third-order valence-electron chi connectivity index (χ3n) is 3.95. The van der Waals surface area contributed by atoms with E-state index >= 15 is 0 Å². The summed E-state index contributed by atoms with van der Waals surface area (Å²) < 4.78 is 18.8. The van der Waals surface area contributed by atoms with Gasteiger partial charge < -0.3 is 15.0 Å². The highest BCUT2D eigenvalue weighted by atomic mass is 35.5. The van der Waals surface area contributed by atoms with Gasteiger partial charge in [-0.15, -0.1) is 0 Å². The third-order valence-corrected chi connectivity index (χ3v) is 4.27. The fourth-order valence-electron chi connectivity index (χ4n) is 2.63. The monoisotopic (exact) mass is 348 g/mol. The van der Waals surface area contributed by atoms with Gasteiger partial charge in [-0.2, -0.15) is 0 Å². The molecule has 0 atom stereocenters. The summed E-state index contributed by atoms with van der Waals surface area (Å²) in [6.07, 6.45) is 1.52. The number of ether oxygens (including phenoxy) is 1. The lowest BCUT2D eigenvalue weighted by Gasteiger charge is -2.32. The third kappa shape index (κ3) is 4.17. The fourth-order valence-corrected chi connectivity index (χ4v) is 2.81. The summed E-state index contributed by atoms with van der Waals surface area (Å²) in [6, 6.07) is 12.9. The van der Waals surface area contributed by atoms with E-state index in [-0.39, 0.29) is 18.0 Å². The van der Waals surface area contributed by atoms with Crippen molar-refractivity contribution in [3.05, 3.63) is 59.4 Å². The Morgan fingerprint density at radius 1 is 1.12 bits per heavy atom. The molecule has 1 aliphatic heterocycles. The predicted octanol–water partition coefficient (Wildman–Crippen LogP) is 4.55. The molecule has 0 spiro atoms. The maximum Gasteiger partial charge on any atom is 0.321 e. The second-order valence-corrected chi connectivity index (χ2v) is 6.08. The van der Waals surface area contributed by atoms with Crippen LogP contribution in [0.2, 0.25) is 5.02 Å². The van der Waals surface area contributed by atoms with Gasteiger partial charge in [-0.1, -0.05) is 23.7 Å². The normalized spacial score (nSPS) is 15.2. The first-order valence-corrected chi connectivity index (χ1v) is 8.22. The molecule has 1 aliphatic rings. The first-order chi connectivity index (χ1) is 11.6. The standard InChI is InChI=1S/C18H18ClFN2O2/c19-16-3-1-2-4-17(16)24-15-9-11-22(12-10-15)18(23)21-14-7-5-13(20)6-8-14/h1-8,15H,9-12H2,(H,21,23). The van der Waals surface area contributed by atoms with Crippen LogP contribution < -0.4 is 10.1 Å². The van der Waals surface area contributed by atoms with Gasteiger partial charge in [0.25, 0.3) is 0 Å². The summed E-state index contributed by atoms with van der Waals surface area (Å²) in [7, 11) is 0. The number of urea groups is 1. The van der Waals surface area contributed by atoms with Crippen molar-refractivity contribution >= 4 is 23.3 Å². The van der Waals surface area contributed by atoms with Crippen molar-refractivity contribution in [1.82, 2.24) is 4.90 Å². The zero-order valence-electron chi connectivity index (χ0n) is 13.0. The summed E-state index contributed by atoms with van der Waals surface area (Å²) in [5.41, 5.74) is 0.579. The Bertz CT molecular complexity index is 700. The van der Waals surface area contributed by atoms with E-state index in [0.717, 1.165) is 12.8 Å². The molecule has 0 saturated carbocycles. The number of rotatable bonds is 3. The van der Waals surface area contributed by atoms with Crippen molar-refractivity contribution in [2.75, 3.05) is 18.4 Å². The lowest BCUT2D eigenvalue weighted by Crippen LogP contribution is -2.43. The van der Waals surface area contributed by atoms with E-state index in [2.05, 4.69) is 5.32 Å². The second kappa shape index (κ2) is 7.53. The number of carbonyl (C=O) groups excluding carboxylic acids is 1. The minimum atomic E-state index is -0.328. The van der Waals surface area contributed by atoms with Gasteiger partial charge in [0.05, 0.1) is 5.02 Å². The van der Waals surface area contributed by atoms with E-state index in [9.17, 15) is 9.18 Å². The molecule has 1 N–H and O–H groups in total. The number of nitrogens with one attached hydrogen (secondary N) is 1. The topological polar surface area (TPSA) is 41.6 Å². The Balaban J connectivity index is 1.50. The average molecular weight is 349 g/mol. The minimum absolute atomic E-state index is 0.0415. The zero-order chi connectivity index (χ0) is 16.9.